The van der Waals surface area contributed by atoms with Crippen LogP contribution in [0.15, 0.2) is 67.4 Å². The molecule has 2 saturated carbocycles. The van der Waals surface area contributed by atoms with Crippen LogP contribution in [0.5, 0.6) is 17.4 Å². The Balaban J connectivity index is 0.000000436. The number of nitrogens with one attached hydrogen (secondary N) is 1. The number of nitrogens with zero attached hydrogens (tertiary/aromatic N) is 3. The van der Waals surface area contributed by atoms with Gasteiger partial charge in [0.25, 0.3) is 5.69 Å². The van der Waals surface area contributed by atoms with E-state index in [1.54, 1.807) is 52.0 Å². The third kappa shape index (κ3) is 14.6. The number of hydrogen-bond donors (Lipinski definition) is 1. The molecule has 19 nitrogen and oxygen atoms in total. The Bertz CT molecular complexity index is 2790. The molecule has 75 heavy (non-hydrogen) atoms. The standard InChI is InChI=1S/C38H48F3N3O10S.C11H10F3NO5/c1-9-23-19-37(23,33(48)43-55(49,50)54-36(7)13-14-36)20-29(45)28-17-25(52-31-26-11-10-24(51-8)16-22(26)12-15-42-31)21-44(28)32(47)27(34(2,3)4)18-30(46)53-35(5,6)38(39,40)41;1-10(2,11(12,13)14)20-9(16)19-8-5-3-7(4-6-8)15(17)18/h9-12,15-16,23,25,27-28H,1,13-14,17-21H2,2-8H3,(H,43,48);3-6H,1-2H3/t23-,25?,27-,28+,37-;/m1./s1. The summed E-state index contributed by atoms with van der Waals surface area (Å²) >= 11 is 0. The van der Waals surface area contributed by atoms with Crippen molar-refractivity contribution in [2.75, 3.05) is 13.7 Å². The average molecular weight is 1090 g/mol. The maximum Gasteiger partial charge on any atom is 0.514 e. The van der Waals surface area contributed by atoms with Crippen molar-refractivity contribution >= 4 is 56.5 Å². The molecule has 6 rings (SSSR count). The largest absolute Gasteiger partial charge is 0.514 e. The summed E-state index contributed by atoms with van der Waals surface area (Å²) in [6, 6.07) is 9.98. The molecule has 0 radical (unpaired) electrons. The van der Waals surface area contributed by atoms with E-state index < -0.39 is 122 Å². The van der Waals surface area contributed by atoms with Crippen LogP contribution < -0.4 is 18.9 Å². The number of nitro benzene ring substituents is 1. The molecular weight excluding hydrogens is 1030 g/mol. The van der Waals surface area contributed by atoms with Gasteiger partial charge in [-0.3, -0.25) is 29.3 Å². The molecule has 3 aliphatic rings. The van der Waals surface area contributed by atoms with Crippen molar-refractivity contribution < 1.29 is 91.5 Å². The van der Waals surface area contributed by atoms with Crippen LogP contribution >= 0.6 is 0 Å². The van der Waals surface area contributed by atoms with Gasteiger partial charge in [-0.25, -0.2) is 18.7 Å². The van der Waals surface area contributed by atoms with Gasteiger partial charge in [-0.05, 0) is 107 Å². The maximum absolute atomic E-state index is 14.5. The molecule has 1 saturated heterocycles. The van der Waals surface area contributed by atoms with E-state index in [1.165, 1.54) is 24.3 Å². The van der Waals surface area contributed by atoms with Gasteiger partial charge in [0.2, 0.25) is 28.9 Å². The zero-order chi connectivity index (χ0) is 56.5. The number of hydrogen-bond acceptors (Lipinski definition) is 16. The molecule has 5 atom stereocenters. The predicted octanol–water partition coefficient (Wildman–Crippen LogP) is 9.06. The van der Waals surface area contributed by atoms with Gasteiger partial charge in [0.1, 0.15) is 17.6 Å². The maximum atomic E-state index is 14.5. The molecule has 1 aliphatic heterocycles. The summed E-state index contributed by atoms with van der Waals surface area (Å²) in [4.78, 5) is 82.0. The van der Waals surface area contributed by atoms with Crippen molar-refractivity contribution in [3.63, 3.8) is 0 Å². The molecule has 3 fully saturated rings. The van der Waals surface area contributed by atoms with E-state index >= 15 is 0 Å². The van der Waals surface area contributed by atoms with E-state index in [1.807, 2.05) is 4.72 Å². The molecule has 3 aromatic rings. The minimum absolute atomic E-state index is 0.0720. The molecule has 1 N–H and O–H groups in total. The number of allylic oxidation sites excluding steroid dienone is 1. The van der Waals surface area contributed by atoms with Crippen molar-refractivity contribution in [1.29, 1.82) is 0 Å². The average Bonchev–Trinajstić information content (AvgIpc) is 4.15. The molecule has 26 heteroatoms. The fraction of sp³-hybridized carbons (Fsp3) is 0.551. The highest BCUT2D eigenvalue weighted by Gasteiger charge is 2.62. The van der Waals surface area contributed by atoms with E-state index in [-0.39, 0.29) is 36.7 Å². The number of pyridine rings is 1. The molecule has 0 spiro atoms. The van der Waals surface area contributed by atoms with Crippen LogP contribution in [0.2, 0.25) is 0 Å². The molecule has 2 aromatic carbocycles. The number of nitro groups is 1. The summed E-state index contributed by atoms with van der Waals surface area (Å²) in [5.41, 5.74) is -9.20. The highest BCUT2D eigenvalue weighted by molar-refractivity contribution is 7.85. The highest BCUT2D eigenvalue weighted by Crippen LogP contribution is 2.57. The number of likely N-dealkylation sites (tertiary alicyclic amines) is 1. The Labute approximate surface area is 428 Å². The number of ether oxygens (including phenoxy) is 5. The van der Waals surface area contributed by atoms with Crippen LogP contribution in [-0.4, -0.2) is 108 Å². The zero-order valence-electron chi connectivity index (χ0n) is 42.4. The lowest BCUT2D eigenvalue weighted by Gasteiger charge is -2.35. The van der Waals surface area contributed by atoms with Gasteiger partial charge in [-0.15, -0.1) is 6.58 Å². The highest BCUT2D eigenvalue weighted by atomic mass is 32.2. The van der Waals surface area contributed by atoms with Crippen LogP contribution in [0.1, 0.15) is 93.9 Å². The van der Waals surface area contributed by atoms with Gasteiger partial charge in [0.15, 0.2) is 5.78 Å². The number of amides is 2. The number of rotatable bonds is 18. The van der Waals surface area contributed by atoms with Crippen LogP contribution in [0.4, 0.5) is 36.8 Å². The monoisotopic (exact) mass is 1090 g/mol. The second kappa shape index (κ2) is 21.6. The molecule has 2 heterocycles. The number of non-ortho nitro benzene ring substituents is 1. The van der Waals surface area contributed by atoms with Crippen LogP contribution in [0.3, 0.4) is 0 Å². The van der Waals surface area contributed by atoms with E-state index in [4.69, 9.17) is 18.4 Å². The lowest BCUT2D eigenvalue weighted by atomic mass is 9.77. The minimum atomic E-state index is -4.88. The minimum Gasteiger partial charge on any atom is -0.497 e. The van der Waals surface area contributed by atoms with Crippen LogP contribution in [-0.2, 0) is 43.1 Å². The Morgan fingerprint density at radius 2 is 1.51 bits per heavy atom. The van der Waals surface area contributed by atoms with Crippen molar-refractivity contribution in [3.8, 4) is 17.4 Å². The number of carbonyl (C=O) groups excluding carboxylic acids is 5. The van der Waals surface area contributed by atoms with E-state index in [9.17, 15) is 68.8 Å². The summed E-state index contributed by atoms with van der Waals surface area (Å²) < 4.78 is 136. The topological polar surface area (TPSA) is 246 Å². The van der Waals surface area contributed by atoms with Crippen LogP contribution in [0.25, 0.3) is 10.8 Å². The number of halogens is 6. The van der Waals surface area contributed by atoms with Crippen molar-refractivity contribution in [3.05, 3.63) is 77.5 Å². The van der Waals surface area contributed by atoms with Crippen molar-refractivity contribution in [1.82, 2.24) is 14.6 Å². The van der Waals surface area contributed by atoms with Crippen LogP contribution in [0, 0.1) is 32.8 Å². The molecule has 412 valence electrons. The molecule has 2 amide bonds. The smallest absolute Gasteiger partial charge is 0.497 e. The van der Waals surface area contributed by atoms with Gasteiger partial charge >= 0.3 is 34.8 Å². The number of esters is 1. The lowest BCUT2D eigenvalue weighted by molar-refractivity contribution is -0.384. The summed E-state index contributed by atoms with van der Waals surface area (Å²) in [5, 5.41) is 11.7. The Hall–Kier alpha value is -6.57. The van der Waals surface area contributed by atoms with E-state index in [0.29, 0.717) is 51.7 Å². The fourth-order valence-electron chi connectivity index (χ4n) is 7.85. The molecule has 1 unspecified atom stereocenters. The Kier molecular flexibility index (Phi) is 17.1. The Morgan fingerprint density at radius 3 is 2.03 bits per heavy atom. The summed E-state index contributed by atoms with van der Waals surface area (Å²) in [5.74, 6) is -4.68. The quantitative estimate of drug-likeness (QED) is 0.0312. The first-order valence-electron chi connectivity index (χ1n) is 23.2. The van der Waals surface area contributed by atoms with Gasteiger partial charge < -0.3 is 28.6 Å². The van der Waals surface area contributed by atoms with Crippen molar-refractivity contribution in [2.24, 2.45) is 22.7 Å². The number of aromatic nitrogens is 1. The van der Waals surface area contributed by atoms with Crippen molar-refractivity contribution in [2.45, 2.75) is 135 Å². The van der Waals surface area contributed by atoms with Gasteiger partial charge in [-0.1, -0.05) is 26.8 Å². The molecular formula is C49H58F6N4O15S. The molecule has 1 aromatic heterocycles. The second-order valence-electron chi connectivity index (χ2n) is 20.8. The normalized spacial score (nSPS) is 20.8. The summed E-state index contributed by atoms with van der Waals surface area (Å²) in [6.45, 7) is 12.8. The number of benzene rings is 2. The third-order valence-electron chi connectivity index (χ3n) is 13.0. The summed E-state index contributed by atoms with van der Waals surface area (Å²) in [6.07, 6.45) is -9.21. The SMILES string of the molecule is C=C[C@@H]1C[C@]1(CC(=O)[C@@H]1CC(Oc2nccc3cc(OC)ccc23)CN1C(=O)[C@@H](CC(=O)OC(C)(C)C(F)(F)F)C(C)(C)C)C(=O)NS(=O)(=O)OC1(C)CC1.CC(C)(OC(=O)Oc1ccc([N+](=O)[O-])cc1)C(F)(F)F. The van der Waals surface area contributed by atoms with E-state index in [2.05, 4.69) is 21.0 Å². The zero-order valence-corrected chi connectivity index (χ0v) is 43.2. The summed E-state index contributed by atoms with van der Waals surface area (Å²) in [7, 11) is -2.99. The number of Topliss-reactive ketones (excluding diaryl/α,β-unsaturated/α-hetero) is 1. The van der Waals surface area contributed by atoms with E-state index in [0.717, 1.165) is 29.7 Å². The number of fused-ring (bicyclic) bond motifs is 1. The Morgan fingerprint density at radius 1 is 0.920 bits per heavy atom. The first-order chi connectivity index (χ1) is 34.4. The third-order valence-corrected chi connectivity index (χ3v) is 14.1. The number of ketones is 1. The number of alkyl halides is 6. The predicted molar refractivity (Wildman–Crippen MR) is 253 cm³/mol. The fourth-order valence-corrected chi connectivity index (χ4v) is 9.02. The number of carbonyl (C=O) groups is 5. The van der Waals surface area contributed by atoms with Gasteiger partial charge in [0, 0.05) is 36.6 Å². The van der Waals surface area contributed by atoms with Gasteiger partial charge in [-0.2, -0.15) is 34.8 Å². The molecule has 0 bridgehead atoms. The lowest BCUT2D eigenvalue weighted by Crippen LogP contribution is -2.49. The first-order valence-corrected chi connectivity index (χ1v) is 24.6. The second-order valence-corrected chi connectivity index (χ2v) is 22.0. The molecule has 2 aliphatic carbocycles. The first kappa shape index (κ1) is 59.3. The number of methoxy groups -OCH3 is 1. The van der Waals surface area contributed by atoms with Gasteiger partial charge in [0.05, 0.1) is 48.0 Å².